The van der Waals surface area contributed by atoms with Crippen LogP contribution in [0, 0.1) is 0 Å². The van der Waals surface area contributed by atoms with Crippen molar-refractivity contribution >= 4 is 28.9 Å². The van der Waals surface area contributed by atoms with E-state index in [0.29, 0.717) is 30.0 Å². The van der Waals surface area contributed by atoms with Crippen molar-refractivity contribution in [2.45, 2.75) is 6.61 Å². The molecule has 2 aliphatic rings. The number of carbonyl (C=O) groups excluding carboxylic acids is 2. The van der Waals surface area contributed by atoms with E-state index in [1.165, 1.54) is 0 Å². The van der Waals surface area contributed by atoms with E-state index in [2.05, 4.69) is 5.32 Å². The lowest BCUT2D eigenvalue weighted by Gasteiger charge is -2.30. The van der Waals surface area contributed by atoms with Gasteiger partial charge in [-0.15, -0.1) is 0 Å². The standard InChI is InChI=1S/C21H22N4O3/c1-24-18-8-7-15(22)11-16(18)19(20(24)26)17-12-25(10-9-23-17)21(27)28-13-14-5-3-2-4-6-14/h2-8,11,23H,9-10,12-13,22H2,1H3/b19-17-. The molecule has 7 heteroatoms. The zero-order valence-corrected chi connectivity index (χ0v) is 15.6. The van der Waals surface area contributed by atoms with Gasteiger partial charge in [-0.25, -0.2) is 4.79 Å². The molecule has 0 bridgehead atoms. The van der Waals surface area contributed by atoms with Gasteiger partial charge in [0.2, 0.25) is 0 Å². The molecule has 2 aromatic rings. The summed E-state index contributed by atoms with van der Waals surface area (Å²) in [6, 6.07) is 15.0. The lowest BCUT2D eigenvalue weighted by Crippen LogP contribution is -2.46. The second-order valence-electron chi connectivity index (χ2n) is 6.88. The van der Waals surface area contributed by atoms with Crippen LogP contribution < -0.4 is 16.0 Å². The van der Waals surface area contributed by atoms with Gasteiger partial charge >= 0.3 is 6.09 Å². The van der Waals surface area contributed by atoms with E-state index in [1.54, 1.807) is 29.0 Å². The van der Waals surface area contributed by atoms with E-state index in [1.807, 2.05) is 36.4 Å². The van der Waals surface area contributed by atoms with Gasteiger partial charge in [0.05, 0.1) is 17.8 Å². The first-order valence-electron chi connectivity index (χ1n) is 9.15. The molecule has 7 nitrogen and oxygen atoms in total. The quantitative estimate of drug-likeness (QED) is 0.618. The molecule has 0 radical (unpaired) electrons. The molecule has 2 heterocycles. The highest BCUT2D eigenvalue weighted by atomic mass is 16.6. The molecule has 0 atom stereocenters. The third-order valence-corrected chi connectivity index (χ3v) is 5.00. The maximum atomic E-state index is 12.8. The normalized spacial score (nSPS) is 18.7. The van der Waals surface area contributed by atoms with Crippen LogP contribution in [0.5, 0.6) is 0 Å². The molecule has 0 saturated carbocycles. The summed E-state index contributed by atoms with van der Waals surface area (Å²) in [6.45, 7) is 1.57. The Labute approximate surface area is 163 Å². The van der Waals surface area contributed by atoms with Crippen molar-refractivity contribution in [2.24, 2.45) is 0 Å². The zero-order valence-electron chi connectivity index (χ0n) is 15.6. The number of fused-ring (bicyclic) bond motifs is 1. The number of nitrogen functional groups attached to an aromatic ring is 1. The van der Waals surface area contributed by atoms with Crippen LogP contribution in [0.25, 0.3) is 5.57 Å². The van der Waals surface area contributed by atoms with Crippen LogP contribution >= 0.6 is 0 Å². The van der Waals surface area contributed by atoms with Crippen molar-refractivity contribution in [2.75, 3.05) is 37.3 Å². The number of hydrogen-bond donors (Lipinski definition) is 2. The van der Waals surface area contributed by atoms with Crippen molar-refractivity contribution in [3.63, 3.8) is 0 Å². The molecule has 0 unspecified atom stereocenters. The molecule has 0 aromatic heterocycles. The van der Waals surface area contributed by atoms with Gasteiger partial charge in [0.15, 0.2) is 0 Å². The van der Waals surface area contributed by atoms with Gasteiger partial charge in [0.1, 0.15) is 6.61 Å². The van der Waals surface area contributed by atoms with Gasteiger partial charge in [0, 0.05) is 37.1 Å². The molecule has 1 saturated heterocycles. The van der Waals surface area contributed by atoms with Crippen LogP contribution in [0.4, 0.5) is 16.2 Å². The van der Waals surface area contributed by atoms with E-state index in [-0.39, 0.29) is 19.1 Å². The first-order valence-corrected chi connectivity index (χ1v) is 9.15. The molecular weight excluding hydrogens is 356 g/mol. The smallest absolute Gasteiger partial charge is 0.410 e. The highest BCUT2D eigenvalue weighted by molar-refractivity contribution is 6.33. The van der Waals surface area contributed by atoms with E-state index in [0.717, 1.165) is 16.8 Å². The Kier molecular flexibility index (Phi) is 4.65. The number of nitrogens with zero attached hydrogens (tertiary/aromatic N) is 2. The molecule has 1 fully saturated rings. The van der Waals surface area contributed by atoms with Crippen molar-refractivity contribution in [3.8, 4) is 0 Å². The molecule has 0 aliphatic carbocycles. The third kappa shape index (κ3) is 3.26. The van der Waals surface area contributed by atoms with Crippen LogP contribution in [0.15, 0.2) is 54.2 Å². The largest absolute Gasteiger partial charge is 0.445 e. The molecule has 0 spiro atoms. The van der Waals surface area contributed by atoms with E-state index in [9.17, 15) is 9.59 Å². The number of benzene rings is 2. The molecule has 3 N–H and O–H groups in total. The number of ether oxygens (including phenoxy) is 1. The molecule has 2 amide bonds. The van der Waals surface area contributed by atoms with Crippen LogP contribution in [-0.2, 0) is 16.1 Å². The second kappa shape index (κ2) is 7.26. The fourth-order valence-electron chi connectivity index (χ4n) is 3.53. The predicted molar refractivity (Wildman–Crippen MR) is 107 cm³/mol. The van der Waals surface area contributed by atoms with Gasteiger partial charge in [-0.2, -0.15) is 0 Å². The summed E-state index contributed by atoms with van der Waals surface area (Å²) in [5.41, 5.74) is 10.3. The maximum Gasteiger partial charge on any atom is 0.410 e. The van der Waals surface area contributed by atoms with E-state index >= 15 is 0 Å². The Hall–Kier alpha value is -3.48. The monoisotopic (exact) mass is 378 g/mol. The lowest BCUT2D eigenvalue weighted by molar-refractivity contribution is -0.112. The molecule has 28 heavy (non-hydrogen) atoms. The fraction of sp³-hybridized carbons (Fsp3) is 0.238. The molecule has 2 aliphatic heterocycles. The van der Waals surface area contributed by atoms with Crippen molar-refractivity contribution in [1.82, 2.24) is 10.2 Å². The highest BCUT2D eigenvalue weighted by Gasteiger charge is 2.34. The summed E-state index contributed by atoms with van der Waals surface area (Å²) in [6.07, 6.45) is -0.393. The minimum absolute atomic E-state index is 0.109. The number of rotatable bonds is 2. The molecular formula is C21H22N4O3. The number of nitrogens with one attached hydrogen (secondary N) is 1. The summed E-state index contributed by atoms with van der Waals surface area (Å²) >= 11 is 0. The SMILES string of the molecule is CN1C(=O)/C(=C2/CN(C(=O)OCc3ccccc3)CCN2)c2cc(N)ccc21. The van der Waals surface area contributed by atoms with Gasteiger partial charge in [0.25, 0.3) is 5.91 Å². The first kappa shape index (κ1) is 17.9. The summed E-state index contributed by atoms with van der Waals surface area (Å²) in [7, 11) is 1.74. The first-order chi connectivity index (χ1) is 13.5. The number of hydrogen-bond acceptors (Lipinski definition) is 5. The average molecular weight is 378 g/mol. The van der Waals surface area contributed by atoms with Gasteiger partial charge < -0.3 is 25.6 Å². The summed E-state index contributed by atoms with van der Waals surface area (Å²) in [5.74, 6) is -0.109. The Bertz CT molecular complexity index is 955. The summed E-state index contributed by atoms with van der Waals surface area (Å²) in [5, 5.41) is 3.27. The van der Waals surface area contributed by atoms with Gasteiger partial charge in [-0.05, 0) is 23.8 Å². The summed E-state index contributed by atoms with van der Waals surface area (Å²) in [4.78, 5) is 28.5. The number of amides is 2. The molecule has 4 rings (SSSR count). The maximum absolute atomic E-state index is 12.8. The van der Waals surface area contributed by atoms with Crippen LogP contribution in [0.1, 0.15) is 11.1 Å². The van der Waals surface area contributed by atoms with Crippen LogP contribution in [0.3, 0.4) is 0 Å². The number of nitrogens with two attached hydrogens (primary N) is 1. The van der Waals surface area contributed by atoms with Crippen molar-refractivity contribution in [1.29, 1.82) is 0 Å². The predicted octanol–water partition coefficient (Wildman–Crippen LogP) is 2.20. The fourth-order valence-corrected chi connectivity index (χ4v) is 3.53. The lowest BCUT2D eigenvalue weighted by atomic mass is 10.0. The Morgan fingerprint density at radius 2 is 2.00 bits per heavy atom. The number of likely N-dealkylation sites (N-methyl/N-ethyl adjacent to an activating group) is 1. The van der Waals surface area contributed by atoms with Crippen molar-refractivity contribution in [3.05, 3.63) is 65.4 Å². The van der Waals surface area contributed by atoms with Crippen LogP contribution in [0.2, 0.25) is 0 Å². The van der Waals surface area contributed by atoms with Crippen molar-refractivity contribution < 1.29 is 14.3 Å². The van der Waals surface area contributed by atoms with Crippen LogP contribution in [-0.4, -0.2) is 43.6 Å². The Morgan fingerprint density at radius 3 is 2.79 bits per heavy atom. The second-order valence-corrected chi connectivity index (χ2v) is 6.88. The Balaban J connectivity index is 1.54. The summed E-state index contributed by atoms with van der Waals surface area (Å²) < 4.78 is 5.44. The topological polar surface area (TPSA) is 87.9 Å². The van der Waals surface area contributed by atoms with E-state index < -0.39 is 6.09 Å². The number of carbonyl (C=O) groups is 2. The highest BCUT2D eigenvalue weighted by Crippen LogP contribution is 2.38. The molecule has 2 aromatic carbocycles. The third-order valence-electron chi connectivity index (χ3n) is 5.00. The Morgan fingerprint density at radius 1 is 1.21 bits per heavy atom. The number of piperazine rings is 1. The minimum atomic E-state index is -0.393. The minimum Gasteiger partial charge on any atom is -0.445 e. The number of anilines is 2. The van der Waals surface area contributed by atoms with Gasteiger partial charge in [-0.1, -0.05) is 30.3 Å². The average Bonchev–Trinajstić information content (AvgIpc) is 2.96. The zero-order chi connectivity index (χ0) is 19.7. The van der Waals surface area contributed by atoms with E-state index in [4.69, 9.17) is 10.5 Å². The van der Waals surface area contributed by atoms with Gasteiger partial charge in [-0.3, -0.25) is 4.79 Å². The molecule has 144 valence electrons.